The first-order valence-electron chi connectivity index (χ1n) is 6.13. The molecule has 1 saturated heterocycles. The molecule has 2 rings (SSSR count). The predicted octanol–water partition coefficient (Wildman–Crippen LogP) is 1.64. The largest absolute Gasteiger partial charge is 0.478 e. The number of hydrogen-bond donors (Lipinski definition) is 1. The second-order valence-corrected chi connectivity index (χ2v) is 4.61. The van der Waals surface area contributed by atoms with E-state index in [0.29, 0.717) is 5.92 Å². The van der Waals surface area contributed by atoms with Gasteiger partial charge < -0.3 is 14.7 Å². The zero-order chi connectivity index (χ0) is 13.0. The lowest BCUT2D eigenvalue weighted by molar-refractivity contribution is 0.0697. The number of rotatable bonds is 4. The molecule has 1 aromatic heterocycles. The van der Waals surface area contributed by atoms with E-state index in [0.717, 1.165) is 38.2 Å². The molecule has 1 aliphatic heterocycles. The van der Waals surface area contributed by atoms with Crippen molar-refractivity contribution < 1.29 is 14.6 Å². The first kappa shape index (κ1) is 12.8. The van der Waals surface area contributed by atoms with Crippen molar-refractivity contribution >= 4 is 11.7 Å². The number of carboxylic acid groups (broad SMARTS) is 1. The van der Waals surface area contributed by atoms with Gasteiger partial charge in [-0.15, -0.1) is 0 Å². The van der Waals surface area contributed by atoms with Gasteiger partial charge in [-0.25, -0.2) is 4.79 Å². The van der Waals surface area contributed by atoms with Gasteiger partial charge in [-0.1, -0.05) is 0 Å². The highest BCUT2D eigenvalue weighted by Gasteiger charge is 2.23. The summed E-state index contributed by atoms with van der Waals surface area (Å²) in [5.41, 5.74) is 1.04. The van der Waals surface area contributed by atoms with Crippen LogP contribution in [0.5, 0.6) is 0 Å². The number of nitrogens with zero attached hydrogens (tertiary/aromatic N) is 2. The maximum atomic E-state index is 11.2. The van der Waals surface area contributed by atoms with Crippen molar-refractivity contribution in [1.29, 1.82) is 0 Å². The molecule has 5 nitrogen and oxygen atoms in total. The van der Waals surface area contributed by atoms with Gasteiger partial charge in [-0.05, 0) is 24.8 Å². The summed E-state index contributed by atoms with van der Waals surface area (Å²) in [6, 6.07) is 1.78. The Morgan fingerprint density at radius 3 is 3.22 bits per heavy atom. The fraction of sp³-hybridized carbons (Fsp3) is 0.538. The highest BCUT2D eigenvalue weighted by molar-refractivity contribution is 5.94. The van der Waals surface area contributed by atoms with Gasteiger partial charge in [0.1, 0.15) is 5.56 Å². The van der Waals surface area contributed by atoms with Gasteiger partial charge in [0.15, 0.2) is 0 Å². The minimum atomic E-state index is -0.924. The number of aromatic carboxylic acids is 1. The third-order valence-electron chi connectivity index (χ3n) is 3.29. The monoisotopic (exact) mass is 250 g/mol. The van der Waals surface area contributed by atoms with Crippen LogP contribution in [0.15, 0.2) is 18.5 Å². The van der Waals surface area contributed by atoms with Gasteiger partial charge in [0.05, 0.1) is 12.3 Å². The molecule has 5 heteroatoms. The molecule has 0 amide bonds. The van der Waals surface area contributed by atoms with Gasteiger partial charge in [0, 0.05) is 32.6 Å². The number of ether oxygens (including phenoxy) is 1. The summed E-state index contributed by atoms with van der Waals surface area (Å²) in [7, 11) is 1.70. The molecule has 0 spiro atoms. The average molecular weight is 250 g/mol. The van der Waals surface area contributed by atoms with E-state index < -0.39 is 5.97 Å². The van der Waals surface area contributed by atoms with E-state index in [9.17, 15) is 9.90 Å². The van der Waals surface area contributed by atoms with Crippen molar-refractivity contribution in [1.82, 2.24) is 4.98 Å². The number of aromatic nitrogens is 1. The van der Waals surface area contributed by atoms with Crippen LogP contribution in [0.3, 0.4) is 0 Å². The van der Waals surface area contributed by atoms with Crippen molar-refractivity contribution in [3.63, 3.8) is 0 Å². The second-order valence-electron chi connectivity index (χ2n) is 4.61. The van der Waals surface area contributed by atoms with Crippen LogP contribution in [0.25, 0.3) is 0 Å². The van der Waals surface area contributed by atoms with E-state index in [-0.39, 0.29) is 5.56 Å². The molecular formula is C13H18N2O3. The third kappa shape index (κ3) is 2.79. The number of methoxy groups -OCH3 is 1. The van der Waals surface area contributed by atoms with E-state index in [2.05, 4.69) is 9.88 Å². The summed E-state index contributed by atoms with van der Waals surface area (Å²) in [5.74, 6) is -0.453. The van der Waals surface area contributed by atoms with E-state index >= 15 is 0 Å². The van der Waals surface area contributed by atoms with E-state index in [1.807, 2.05) is 0 Å². The first-order chi connectivity index (χ1) is 8.72. The minimum absolute atomic E-state index is 0.274. The summed E-state index contributed by atoms with van der Waals surface area (Å²) in [5, 5.41) is 9.17. The summed E-state index contributed by atoms with van der Waals surface area (Å²) >= 11 is 0. The zero-order valence-corrected chi connectivity index (χ0v) is 10.5. The molecule has 1 atom stereocenters. The molecule has 18 heavy (non-hydrogen) atoms. The van der Waals surface area contributed by atoms with E-state index in [4.69, 9.17) is 4.74 Å². The lowest BCUT2D eigenvalue weighted by atomic mass is 9.98. The smallest absolute Gasteiger partial charge is 0.339 e. The van der Waals surface area contributed by atoms with Crippen LogP contribution in [0.2, 0.25) is 0 Å². The molecular weight excluding hydrogens is 232 g/mol. The second kappa shape index (κ2) is 5.82. The van der Waals surface area contributed by atoms with Gasteiger partial charge in [0.25, 0.3) is 0 Å². The molecule has 0 aliphatic carbocycles. The van der Waals surface area contributed by atoms with Crippen molar-refractivity contribution in [3.05, 3.63) is 24.0 Å². The van der Waals surface area contributed by atoms with E-state index in [1.54, 1.807) is 19.4 Å². The summed E-state index contributed by atoms with van der Waals surface area (Å²) < 4.78 is 5.19. The lowest BCUT2D eigenvalue weighted by Gasteiger charge is -2.34. The van der Waals surface area contributed by atoms with Crippen LogP contribution in [0, 0.1) is 5.92 Å². The number of carboxylic acids is 1. The molecule has 1 N–H and O–H groups in total. The fourth-order valence-electron chi connectivity index (χ4n) is 2.48. The Kier molecular flexibility index (Phi) is 4.15. The molecule has 0 radical (unpaired) electrons. The van der Waals surface area contributed by atoms with Crippen molar-refractivity contribution in [2.45, 2.75) is 12.8 Å². The quantitative estimate of drug-likeness (QED) is 0.880. The zero-order valence-electron chi connectivity index (χ0n) is 10.5. The van der Waals surface area contributed by atoms with E-state index in [1.165, 1.54) is 6.20 Å². The van der Waals surface area contributed by atoms with Crippen LogP contribution < -0.4 is 4.90 Å². The number of carbonyl (C=O) groups is 1. The number of anilines is 1. The minimum Gasteiger partial charge on any atom is -0.478 e. The summed E-state index contributed by atoms with van der Waals surface area (Å²) in [6.45, 7) is 2.46. The molecule has 2 heterocycles. The standard InChI is InChI=1S/C13H18N2O3/c1-18-9-10-3-2-6-15(8-10)12-4-5-14-7-11(12)13(16)17/h4-5,7,10H,2-3,6,8-9H2,1H3,(H,16,17). The Morgan fingerprint density at radius 1 is 1.67 bits per heavy atom. The third-order valence-corrected chi connectivity index (χ3v) is 3.29. The molecule has 0 bridgehead atoms. The maximum absolute atomic E-state index is 11.2. The topological polar surface area (TPSA) is 62.7 Å². The predicted molar refractivity (Wildman–Crippen MR) is 68.0 cm³/mol. The molecule has 1 aromatic rings. The Bertz CT molecular complexity index is 420. The SMILES string of the molecule is COCC1CCCN(c2ccncc2C(=O)O)C1. The normalized spacial score (nSPS) is 19.8. The van der Waals surface area contributed by atoms with Crippen molar-refractivity contribution in [3.8, 4) is 0 Å². The van der Waals surface area contributed by atoms with Gasteiger partial charge >= 0.3 is 5.97 Å². The average Bonchev–Trinajstić information content (AvgIpc) is 2.39. The lowest BCUT2D eigenvalue weighted by Crippen LogP contribution is -2.37. The summed E-state index contributed by atoms with van der Waals surface area (Å²) in [4.78, 5) is 17.2. The first-order valence-corrected chi connectivity index (χ1v) is 6.13. The van der Waals surface area contributed by atoms with Crippen molar-refractivity contribution in [2.75, 3.05) is 31.7 Å². The Labute approximate surface area is 106 Å². The number of piperidine rings is 1. The number of pyridine rings is 1. The van der Waals surface area contributed by atoms with Crippen LogP contribution in [-0.2, 0) is 4.74 Å². The molecule has 1 aliphatic rings. The van der Waals surface area contributed by atoms with Gasteiger partial charge in [-0.3, -0.25) is 4.98 Å². The van der Waals surface area contributed by atoms with Crippen LogP contribution in [0.1, 0.15) is 23.2 Å². The maximum Gasteiger partial charge on any atom is 0.339 e. The Hall–Kier alpha value is -1.62. The Balaban J connectivity index is 2.18. The fourth-order valence-corrected chi connectivity index (χ4v) is 2.48. The molecule has 1 fully saturated rings. The van der Waals surface area contributed by atoms with Crippen molar-refractivity contribution in [2.24, 2.45) is 5.92 Å². The summed E-state index contributed by atoms with van der Waals surface area (Å²) in [6.07, 6.45) is 5.26. The van der Waals surface area contributed by atoms with Crippen LogP contribution >= 0.6 is 0 Å². The van der Waals surface area contributed by atoms with Gasteiger partial charge in [-0.2, -0.15) is 0 Å². The van der Waals surface area contributed by atoms with Gasteiger partial charge in [0.2, 0.25) is 0 Å². The number of hydrogen-bond acceptors (Lipinski definition) is 4. The Morgan fingerprint density at radius 2 is 2.50 bits per heavy atom. The molecule has 0 saturated carbocycles. The van der Waals surface area contributed by atoms with Crippen LogP contribution in [0.4, 0.5) is 5.69 Å². The molecule has 0 aromatic carbocycles. The molecule has 1 unspecified atom stereocenters. The highest BCUT2D eigenvalue weighted by atomic mass is 16.5. The highest BCUT2D eigenvalue weighted by Crippen LogP contribution is 2.25. The van der Waals surface area contributed by atoms with Crippen LogP contribution in [-0.4, -0.2) is 42.9 Å². The molecule has 98 valence electrons.